The highest BCUT2D eigenvalue weighted by Gasteiger charge is 2.26. The number of anilines is 1. The van der Waals surface area contributed by atoms with Crippen molar-refractivity contribution in [3.8, 4) is 0 Å². The molecule has 0 unspecified atom stereocenters. The number of halogens is 1. The van der Waals surface area contributed by atoms with Crippen molar-refractivity contribution in [2.24, 2.45) is 0 Å². The zero-order valence-electron chi connectivity index (χ0n) is 11.9. The van der Waals surface area contributed by atoms with Crippen LogP contribution in [0.1, 0.15) is 30.1 Å². The van der Waals surface area contributed by atoms with Crippen molar-refractivity contribution in [2.75, 3.05) is 5.73 Å². The monoisotopic (exact) mass is 369 g/mol. The summed E-state index contributed by atoms with van der Waals surface area (Å²) >= 11 is 3.23. The van der Waals surface area contributed by atoms with Crippen LogP contribution >= 0.6 is 15.9 Å². The second-order valence-electron chi connectivity index (χ2n) is 5.02. The van der Waals surface area contributed by atoms with Crippen molar-refractivity contribution in [3.63, 3.8) is 0 Å². The van der Waals surface area contributed by atoms with Crippen molar-refractivity contribution in [3.05, 3.63) is 28.2 Å². The number of carbonyl (C=O) groups is 3. The molecule has 0 saturated heterocycles. The first-order valence-electron chi connectivity index (χ1n) is 6.74. The Hall–Kier alpha value is -2.09. The van der Waals surface area contributed by atoms with Crippen molar-refractivity contribution >= 4 is 39.5 Å². The van der Waals surface area contributed by atoms with Gasteiger partial charge in [-0.25, -0.2) is 9.59 Å². The van der Waals surface area contributed by atoms with Crippen LogP contribution < -0.4 is 16.4 Å². The quantitative estimate of drug-likeness (QED) is 0.550. The molecule has 0 heterocycles. The van der Waals surface area contributed by atoms with E-state index in [1.165, 1.54) is 13.0 Å². The largest absolute Gasteiger partial charge is 0.449 e. The number of esters is 1. The number of imide groups is 1. The number of hydrogen-bond donors (Lipinski definition) is 3. The SMILES string of the molecule is C[C@@H](OC(=O)c1cc(Br)ccc1N)C(=O)NC(=O)NC1CC1. The number of amides is 3. The van der Waals surface area contributed by atoms with Crippen molar-refractivity contribution in [1.29, 1.82) is 0 Å². The van der Waals surface area contributed by atoms with E-state index in [-0.39, 0.29) is 17.3 Å². The van der Waals surface area contributed by atoms with Gasteiger partial charge in [0.1, 0.15) is 0 Å². The number of rotatable bonds is 4. The van der Waals surface area contributed by atoms with Gasteiger partial charge in [0, 0.05) is 16.2 Å². The molecule has 2 rings (SSSR count). The topological polar surface area (TPSA) is 111 Å². The summed E-state index contributed by atoms with van der Waals surface area (Å²) in [4.78, 5) is 35.2. The zero-order chi connectivity index (χ0) is 16.3. The van der Waals surface area contributed by atoms with Crippen LogP contribution in [0.5, 0.6) is 0 Å². The van der Waals surface area contributed by atoms with Crippen LogP contribution in [0.3, 0.4) is 0 Å². The number of nitrogen functional groups attached to an aromatic ring is 1. The first-order chi connectivity index (χ1) is 10.4. The van der Waals surface area contributed by atoms with Gasteiger partial charge >= 0.3 is 12.0 Å². The number of hydrogen-bond acceptors (Lipinski definition) is 5. The molecular formula is C14H16BrN3O4. The molecule has 7 nitrogen and oxygen atoms in total. The van der Waals surface area contributed by atoms with E-state index >= 15 is 0 Å². The zero-order valence-corrected chi connectivity index (χ0v) is 13.5. The molecule has 1 aliphatic rings. The van der Waals surface area contributed by atoms with E-state index in [0.29, 0.717) is 4.47 Å². The second kappa shape index (κ2) is 6.78. The van der Waals surface area contributed by atoms with Gasteiger partial charge in [-0.3, -0.25) is 10.1 Å². The van der Waals surface area contributed by atoms with Gasteiger partial charge < -0.3 is 15.8 Å². The molecular weight excluding hydrogens is 354 g/mol. The lowest BCUT2D eigenvalue weighted by atomic mass is 10.2. The molecule has 3 amide bonds. The highest BCUT2D eigenvalue weighted by Crippen LogP contribution is 2.20. The Balaban J connectivity index is 1.90. The fraction of sp³-hybridized carbons (Fsp3) is 0.357. The lowest BCUT2D eigenvalue weighted by Gasteiger charge is -2.14. The molecule has 0 radical (unpaired) electrons. The molecule has 118 valence electrons. The average molecular weight is 370 g/mol. The third-order valence-electron chi connectivity index (χ3n) is 3.04. The van der Waals surface area contributed by atoms with E-state index in [0.717, 1.165) is 12.8 Å². The number of benzene rings is 1. The minimum atomic E-state index is -1.11. The number of nitrogens with one attached hydrogen (secondary N) is 2. The van der Waals surface area contributed by atoms with Gasteiger partial charge in [0.15, 0.2) is 6.10 Å². The predicted molar refractivity (Wildman–Crippen MR) is 83.1 cm³/mol. The highest BCUT2D eigenvalue weighted by molar-refractivity contribution is 9.10. The maximum absolute atomic E-state index is 12.0. The van der Waals surface area contributed by atoms with Crippen molar-refractivity contribution in [1.82, 2.24) is 10.6 Å². The number of nitrogens with two attached hydrogens (primary N) is 1. The lowest BCUT2D eigenvalue weighted by molar-refractivity contribution is -0.127. The number of urea groups is 1. The fourth-order valence-corrected chi connectivity index (χ4v) is 2.01. The summed E-state index contributed by atoms with van der Waals surface area (Å²) in [5.41, 5.74) is 6.09. The third-order valence-corrected chi connectivity index (χ3v) is 3.53. The van der Waals surface area contributed by atoms with E-state index in [9.17, 15) is 14.4 Å². The first kappa shape index (κ1) is 16.3. The summed E-state index contributed by atoms with van der Waals surface area (Å²) in [6.07, 6.45) is 0.707. The van der Waals surface area contributed by atoms with Crippen LogP contribution in [0.4, 0.5) is 10.5 Å². The molecule has 22 heavy (non-hydrogen) atoms. The molecule has 0 aliphatic heterocycles. The van der Waals surface area contributed by atoms with Crippen molar-refractivity contribution in [2.45, 2.75) is 31.9 Å². The minimum Gasteiger partial charge on any atom is -0.449 e. The van der Waals surface area contributed by atoms with Gasteiger partial charge in [-0.2, -0.15) is 0 Å². The molecule has 8 heteroatoms. The Morgan fingerprint density at radius 1 is 1.36 bits per heavy atom. The third kappa shape index (κ3) is 4.45. The summed E-state index contributed by atoms with van der Waals surface area (Å²) in [6.45, 7) is 1.38. The van der Waals surface area contributed by atoms with Crippen LogP contribution in [-0.2, 0) is 9.53 Å². The van der Waals surface area contributed by atoms with E-state index in [1.54, 1.807) is 12.1 Å². The Morgan fingerprint density at radius 3 is 2.68 bits per heavy atom. The normalized spacial score (nSPS) is 14.8. The van der Waals surface area contributed by atoms with Crippen molar-refractivity contribution < 1.29 is 19.1 Å². The molecule has 4 N–H and O–H groups in total. The van der Waals surface area contributed by atoms with Crippen LogP contribution in [0.2, 0.25) is 0 Å². The van der Waals surface area contributed by atoms with Crippen LogP contribution in [-0.4, -0.2) is 30.1 Å². The lowest BCUT2D eigenvalue weighted by Crippen LogP contribution is -2.45. The van der Waals surface area contributed by atoms with Crippen LogP contribution in [0.25, 0.3) is 0 Å². The van der Waals surface area contributed by atoms with Gasteiger partial charge in [0.25, 0.3) is 5.91 Å². The molecule has 1 aromatic carbocycles. The van der Waals surface area contributed by atoms with Gasteiger partial charge in [-0.15, -0.1) is 0 Å². The number of ether oxygens (including phenoxy) is 1. The average Bonchev–Trinajstić information content (AvgIpc) is 3.24. The number of carbonyl (C=O) groups excluding carboxylic acids is 3. The molecule has 1 aliphatic carbocycles. The van der Waals surface area contributed by atoms with Gasteiger partial charge in [-0.05, 0) is 38.0 Å². The predicted octanol–water partition coefficient (Wildman–Crippen LogP) is 1.56. The summed E-state index contributed by atoms with van der Waals surface area (Å²) < 4.78 is 5.69. The molecule has 0 aromatic heterocycles. The van der Waals surface area contributed by atoms with E-state index in [2.05, 4.69) is 26.6 Å². The highest BCUT2D eigenvalue weighted by atomic mass is 79.9. The van der Waals surface area contributed by atoms with E-state index in [1.807, 2.05) is 0 Å². The molecule has 1 aromatic rings. The summed E-state index contributed by atoms with van der Waals surface area (Å²) in [6, 6.07) is 4.28. The maximum Gasteiger partial charge on any atom is 0.341 e. The van der Waals surface area contributed by atoms with Crippen LogP contribution in [0.15, 0.2) is 22.7 Å². The Bertz CT molecular complexity index is 616. The summed E-state index contributed by atoms with van der Waals surface area (Å²) in [5, 5.41) is 4.73. The Labute approximate surface area is 135 Å². The maximum atomic E-state index is 12.0. The molecule has 0 spiro atoms. The van der Waals surface area contributed by atoms with E-state index < -0.39 is 24.0 Å². The van der Waals surface area contributed by atoms with Gasteiger partial charge in [-0.1, -0.05) is 15.9 Å². The van der Waals surface area contributed by atoms with Gasteiger partial charge in [0.2, 0.25) is 0 Å². The summed E-state index contributed by atoms with van der Waals surface area (Å²) in [5.74, 6) is -1.43. The second-order valence-corrected chi connectivity index (χ2v) is 5.93. The first-order valence-corrected chi connectivity index (χ1v) is 7.53. The molecule has 1 fully saturated rings. The summed E-state index contributed by atoms with van der Waals surface area (Å²) in [7, 11) is 0. The Morgan fingerprint density at radius 2 is 2.05 bits per heavy atom. The fourth-order valence-electron chi connectivity index (χ4n) is 1.65. The van der Waals surface area contributed by atoms with Crippen LogP contribution in [0, 0.1) is 0 Å². The smallest absolute Gasteiger partial charge is 0.341 e. The van der Waals surface area contributed by atoms with E-state index in [4.69, 9.17) is 10.5 Å². The molecule has 1 saturated carbocycles. The molecule has 1 atom stereocenters. The standard InChI is InChI=1S/C14H16BrN3O4/c1-7(12(19)18-14(21)17-9-3-4-9)22-13(20)10-6-8(15)2-5-11(10)16/h2,5-7,9H,3-4,16H2,1H3,(H2,17,18,19,21)/t7-/m1/s1. The molecule has 0 bridgehead atoms. The Kier molecular flexibility index (Phi) is 5.02. The minimum absolute atomic E-state index is 0.132. The van der Waals surface area contributed by atoms with Gasteiger partial charge in [0.05, 0.1) is 5.56 Å².